The molecular formula is C15H25N3S. The summed E-state index contributed by atoms with van der Waals surface area (Å²) in [6.07, 6.45) is 12.8. The molecule has 2 rings (SSSR count). The van der Waals surface area contributed by atoms with Crippen LogP contribution in [-0.4, -0.2) is 27.8 Å². The minimum absolute atomic E-state index is 0.639. The Labute approximate surface area is 121 Å². The Morgan fingerprint density at radius 1 is 1.26 bits per heavy atom. The number of nitrogens with zero attached hydrogens (tertiary/aromatic N) is 2. The molecule has 2 atom stereocenters. The van der Waals surface area contributed by atoms with Gasteiger partial charge in [0.25, 0.3) is 0 Å². The topological polar surface area (TPSA) is 37.8 Å². The lowest BCUT2D eigenvalue weighted by Crippen LogP contribution is -2.39. The predicted octanol–water partition coefficient (Wildman–Crippen LogP) is 3.66. The van der Waals surface area contributed by atoms with Crippen molar-refractivity contribution in [2.75, 3.05) is 6.54 Å². The molecule has 0 radical (unpaired) electrons. The van der Waals surface area contributed by atoms with Gasteiger partial charge in [-0.2, -0.15) is 0 Å². The number of nitrogens with one attached hydrogen (secondary N) is 1. The van der Waals surface area contributed by atoms with Crippen LogP contribution in [-0.2, 0) is 0 Å². The summed E-state index contributed by atoms with van der Waals surface area (Å²) in [5, 5.41) is 5.51. The molecule has 1 saturated carbocycles. The molecule has 19 heavy (non-hydrogen) atoms. The molecule has 0 saturated heterocycles. The average Bonchev–Trinajstić information content (AvgIpc) is 2.43. The van der Waals surface area contributed by atoms with E-state index in [0.717, 1.165) is 11.6 Å². The van der Waals surface area contributed by atoms with E-state index in [-0.39, 0.29) is 0 Å². The minimum Gasteiger partial charge on any atom is -0.313 e. The average molecular weight is 279 g/mol. The summed E-state index contributed by atoms with van der Waals surface area (Å²) in [5.74, 6) is 0. The van der Waals surface area contributed by atoms with E-state index in [0.29, 0.717) is 11.3 Å². The van der Waals surface area contributed by atoms with E-state index in [4.69, 9.17) is 0 Å². The van der Waals surface area contributed by atoms with Crippen LogP contribution in [0.5, 0.6) is 0 Å². The van der Waals surface area contributed by atoms with Crippen molar-refractivity contribution in [2.24, 2.45) is 0 Å². The Morgan fingerprint density at radius 2 is 2.11 bits per heavy atom. The molecule has 0 aliphatic heterocycles. The fourth-order valence-electron chi connectivity index (χ4n) is 2.66. The molecule has 106 valence electrons. The fraction of sp³-hybridized carbons (Fsp3) is 0.733. The largest absolute Gasteiger partial charge is 0.313 e. The van der Waals surface area contributed by atoms with Crippen LogP contribution in [0.3, 0.4) is 0 Å². The van der Waals surface area contributed by atoms with Crippen LogP contribution in [0.25, 0.3) is 0 Å². The van der Waals surface area contributed by atoms with Crippen molar-refractivity contribution in [1.82, 2.24) is 15.3 Å². The molecule has 1 aromatic heterocycles. The van der Waals surface area contributed by atoms with E-state index in [9.17, 15) is 0 Å². The van der Waals surface area contributed by atoms with Gasteiger partial charge in [0.1, 0.15) is 6.33 Å². The van der Waals surface area contributed by atoms with E-state index in [1.54, 1.807) is 6.33 Å². The lowest BCUT2D eigenvalue weighted by molar-refractivity contribution is 0.400. The van der Waals surface area contributed by atoms with Gasteiger partial charge in [-0.15, -0.1) is 11.8 Å². The summed E-state index contributed by atoms with van der Waals surface area (Å²) in [6, 6.07) is 2.67. The molecule has 2 unspecified atom stereocenters. The van der Waals surface area contributed by atoms with E-state index in [1.807, 2.05) is 24.0 Å². The first-order valence-corrected chi connectivity index (χ1v) is 8.44. The van der Waals surface area contributed by atoms with Crippen LogP contribution in [0, 0.1) is 0 Å². The first kappa shape index (κ1) is 14.8. The highest BCUT2D eigenvalue weighted by molar-refractivity contribution is 7.99. The predicted molar refractivity (Wildman–Crippen MR) is 81.5 cm³/mol. The van der Waals surface area contributed by atoms with Crippen molar-refractivity contribution in [2.45, 2.75) is 68.2 Å². The smallest absolute Gasteiger partial charge is 0.116 e. The Balaban J connectivity index is 1.98. The van der Waals surface area contributed by atoms with Gasteiger partial charge in [0.05, 0.1) is 5.03 Å². The van der Waals surface area contributed by atoms with Gasteiger partial charge in [0.2, 0.25) is 0 Å². The van der Waals surface area contributed by atoms with Crippen LogP contribution in [0.2, 0.25) is 0 Å². The summed E-state index contributed by atoms with van der Waals surface area (Å²) < 4.78 is 0. The summed E-state index contributed by atoms with van der Waals surface area (Å²) in [6.45, 7) is 3.37. The lowest BCUT2D eigenvalue weighted by Gasteiger charge is -2.29. The van der Waals surface area contributed by atoms with Gasteiger partial charge in [0.15, 0.2) is 0 Å². The maximum atomic E-state index is 4.37. The zero-order valence-electron chi connectivity index (χ0n) is 11.8. The first-order chi connectivity index (χ1) is 9.40. The van der Waals surface area contributed by atoms with Gasteiger partial charge < -0.3 is 5.32 Å². The molecule has 4 heteroatoms. The molecule has 0 amide bonds. The molecule has 0 aromatic carbocycles. The van der Waals surface area contributed by atoms with Crippen molar-refractivity contribution in [1.29, 1.82) is 0 Å². The fourth-order valence-corrected chi connectivity index (χ4v) is 3.90. The van der Waals surface area contributed by atoms with Crippen molar-refractivity contribution >= 4 is 11.8 Å². The molecule has 0 spiro atoms. The van der Waals surface area contributed by atoms with Crippen LogP contribution >= 0.6 is 11.8 Å². The zero-order chi connectivity index (χ0) is 13.3. The summed E-state index contributed by atoms with van der Waals surface area (Å²) in [4.78, 5) is 8.37. The van der Waals surface area contributed by atoms with E-state index in [1.165, 1.54) is 44.9 Å². The minimum atomic E-state index is 0.639. The molecular weight excluding hydrogens is 254 g/mol. The van der Waals surface area contributed by atoms with Crippen molar-refractivity contribution in [3.05, 3.63) is 18.6 Å². The third-order valence-electron chi connectivity index (χ3n) is 3.69. The van der Waals surface area contributed by atoms with Crippen molar-refractivity contribution in [3.63, 3.8) is 0 Å². The van der Waals surface area contributed by atoms with Crippen molar-refractivity contribution < 1.29 is 0 Å². The van der Waals surface area contributed by atoms with Gasteiger partial charge in [-0.25, -0.2) is 9.97 Å². The summed E-state index contributed by atoms with van der Waals surface area (Å²) in [5.41, 5.74) is 0. The molecule has 1 aliphatic rings. The molecule has 0 bridgehead atoms. The second-order valence-electron chi connectivity index (χ2n) is 5.26. The van der Waals surface area contributed by atoms with Gasteiger partial charge in [0, 0.05) is 17.5 Å². The van der Waals surface area contributed by atoms with Crippen LogP contribution in [0.4, 0.5) is 0 Å². The number of aromatic nitrogens is 2. The van der Waals surface area contributed by atoms with E-state index in [2.05, 4.69) is 22.2 Å². The van der Waals surface area contributed by atoms with E-state index < -0.39 is 0 Å². The maximum Gasteiger partial charge on any atom is 0.116 e. The van der Waals surface area contributed by atoms with Crippen LogP contribution in [0.1, 0.15) is 51.9 Å². The Bertz CT molecular complexity index is 343. The zero-order valence-corrected chi connectivity index (χ0v) is 12.7. The molecule has 1 heterocycles. The first-order valence-electron chi connectivity index (χ1n) is 7.56. The quantitative estimate of drug-likeness (QED) is 0.835. The Kier molecular flexibility index (Phi) is 6.65. The second-order valence-corrected chi connectivity index (χ2v) is 6.52. The number of hydrogen-bond donors (Lipinski definition) is 1. The SMILES string of the molecule is CCCNC1CCCCCCC1Sc1ccncn1. The molecule has 1 fully saturated rings. The van der Waals surface area contributed by atoms with Gasteiger partial charge in [-0.05, 0) is 31.9 Å². The molecule has 1 aliphatic carbocycles. The van der Waals surface area contributed by atoms with Crippen molar-refractivity contribution in [3.8, 4) is 0 Å². The highest BCUT2D eigenvalue weighted by Gasteiger charge is 2.23. The molecule has 1 aromatic rings. The normalized spacial score (nSPS) is 24.7. The third kappa shape index (κ3) is 5.11. The molecule has 3 nitrogen and oxygen atoms in total. The summed E-state index contributed by atoms with van der Waals surface area (Å²) >= 11 is 1.93. The Hall–Kier alpha value is -0.610. The van der Waals surface area contributed by atoms with Crippen LogP contribution < -0.4 is 5.32 Å². The summed E-state index contributed by atoms with van der Waals surface area (Å²) in [7, 11) is 0. The monoisotopic (exact) mass is 279 g/mol. The van der Waals surface area contributed by atoms with Crippen LogP contribution in [0.15, 0.2) is 23.6 Å². The maximum absolute atomic E-state index is 4.37. The standard InChI is InChI=1S/C15H25N3S/c1-2-10-17-13-7-5-3-4-6-8-14(13)19-15-9-11-16-12-18-15/h9,11-14,17H,2-8,10H2,1H3. The second kappa shape index (κ2) is 8.54. The lowest BCUT2D eigenvalue weighted by atomic mass is 9.96. The van der Waals surface area contributed by atoms with Gasteiger partial charge in [-0.1, -0.05) is 32.6 Å². The molecule has 1 N–H and O–H groups in total. The number of thioether (sulfide) groups is 1. The van der Waals surface area contributed by atoms with Gasteiger partial charge >= 0.3 is 0 Å². The Morgan fingerprint density at radius 3 is 2.84 bits per heavy atom. The number of rotatable bonds is 5. The third-order valence-corrected chi connectivity index (χ3v) is 5.04. The number of hydrogen-bond acceptors (Lipinski definition) is 4. The van der Waals surface area contributed by atoms with E-state index >= 15 is 0 Å². The van der Waals surface area contributed by atoms with Gasteiger partial charge in [-0.3, -0.25) is 0 Å². The highest BCUT2D eigenvalue weighted by atomic mass is 32.2. The highest BCUT2D eigenvalue weighted by Crippen LogP contribution is 2.31.